The molecule has 0 aromatic rings. The van der Waals surface area contributed by atoms with Crippen molar-refractivity contribution in [1.82, 2.24) is 15.5 Å². The second kappa shape index (κ2) is 9.23. The number of nitrogens with zero attached hydrogens (tertiary/aromatic N) is 1. The van der Waals surface area contributed by atoms with Gasteiger partial charge in [0, 0.05) is 13.1 Å². The third-order valence-corrected chi connectivity index (χ3v) is 7.54. The van der Waals surface area contributed by atoms with Crippen LogP contribution in [0.3, 0.4) is 0 Å². The monoisotopic (exact) mass is 406 g/mol. The third kappa shape index (κ3) is 5.14. The maximum absolute atomic E-state index is 13.3. The molecule has 4 bridgehead atoms. The van der Waals surface area contributed by atoms with Crippen molar-refractivity contribution < 1.29 is 4.79 Å². The van der Waals surface area contributed by atoms with Crippen molar-refractivity contribution in [2.45, 2.75) is 57.9 Å². The molecule has 0 spiro atoms. The molecule has 4 fully saturated rings. The summed E-state index contributed by atoms with van der Waals surface area (Å²) in [7, 11) is 2.15. The summed E-state index contributed by atoms with van der Waals surface area (Å²) in [6.07, 6.45) is 8.86. The molecule has 6 heteroatoms. The van der Waals surface area contributed by atoms with Crippen LogP contribution < -0.4 is 16.4 Å². The molecule has 0 aromatic heterocycles. The summed E-state index contributed by atoms with van der Waals surface area (Å²) in [5, 5.41) is 7.70. The van der Waals surface area contributed by atoms with Crippen LogP contribution in [0.1, 0.15) is 51.9 Å². The Labute approximate surface area is 174 Å². The predicted octanol–water partition coefficient (Wildman–Crippen LogP) is 3.25. The number of hydrogen-bond donors (Lipinski definition) is 3. The number of rotatable bonds is 11. The first-order valence-corrected chi connectivity index (χ1v) is 11.7. The van der Waals surface area contributed by atoms with Gasteiger partial charge in [-0.05, 0) is 81.7 Å². The molecule has 5 nitrogen and oxygen atoms in total. The van der Waals surface area contributed by atoms with Crippen LogP contribution in [0.4, 0.5) is 0 Å². The van der Waals surface area contributed by atoms with Crippen molar-refractivity contribution in [1.29, 1.82) is 0 Å². The Kier molecular flexibility index (Phi) is 7.16. The molecule has 28 heavy (non-hydrogen) atoms. The van der Waals surface area contributed by atoms with Crippen LogP contribution in [0.15, 0.2) is 23.2 Å². The number of nitrogens with two attached hydrogens (primary N) is 1. The maximum Gasteiger partial charge on any atom is 0.242 e. The molecule has 1 amide bonds. The second-order valence-electron chi connectivity index (χ2n) is 9.45. The zero-order valence-electron chi connectivity index (χ0n) is 17.6. The van der Waals surface area contributed by atoms with E-state index in [0.29, 0.717) is 10.1 Å². The summed E-state index contributed by atoms with van der Waals surface area (Å²) in [6.45, 7) is 12.7. The molecule has 4 saturated carbocycles. The van der Waals surface area contributed by atoms with E-state index in [1.165, 1.54) is 50.3 Å². The first-order chi connectivity index (χ1) is 13.3. The van der Waals surface area contributed by atoms with Crippen molar-refractivity contribution in [3.8, 4) is 0 Å². The minimum absolute atomic E-state index is 0.0545. The van der Waals surface area contributed by atoms with Gasteiger partial charge in [0.15, 0.2) is 0 Å². The molecule has 0 radical (unpaired) electrons. The van der Waals surface area contributed by atoms with Crippen molar-refractivity contribution >= 4 is 17.7 Å². The number of hydrogen-bond acceptors (Lipinski definition) is 5. The molecule has 1 atom stereocenters. The highest BCUT2D eigenvalue weighted by molar-refractivity contribution is 8.06. The Morgan fingerprint density at radius 2 is 1.75 bits per heavy atom. The molecular formula is C22H38N4OS. The molecule has 0 saturated heterocycles. The topological polar surface area (TPSA) is 70.4 Å². The van der Waals surface area contributed by atoms with E-state index in [1.807, 2.05) is 0 Å². The molecule has 4 rings (SSSR count). The highest BCUT2D eigenvalue weighted by Gasteiger charge is 2.55. The number of nitrogens with one attached hydrogen (secondary N) is 2. The maximum atomic E-state index is 13.3. The van der Waals surface area contributed by atoms with Crippen LogP contribution in [0.25, 0.3) is 0 Å². The van der Waals surface area contributed by atoms with Gasteiger partial charge in [-0.1, -0.05) is 31.8 Å². The van der Waals surface area contributed by atoms with Crippen LogP contribution in [-0.4, -0.2) is 43.5 Å². The fraction of sp³-hybridized carbons (Fsp3) is 0.773. The Morgan fingerprint density at radius 1 is 1.18 bits per heavy atom. The van der Waals surface area contributed by atoms with Crippen LogP contribution >= 0.6 is 11.8 Å². The van der Waals surface area contributed by atoms with Gasteiger partial charge in [-0.25, -0.2) is 0 Å². The van der Waals surface area contributed by atoms with Gasteiger partial charge in [0.05, 0.1) is 16.1 Å². The van der Waals surface area contributed by atoms with Crippen LogP contribution in [0.2, 0.25) is 0 Å². The highest BCUT2D eigenvalue weighted by Crippen LogP contribution is 2.61. The Balaban J connectivity index is 1.70. The number of carbonyl (C=O) groups excluding carboxylic acids is 1. The lowest BCUT2D eigenvalue weighted by atomic mass is 9.47. The van der Waals surface area contributed by atoms with E-state index in [0.717, 1.165) is 43.8 Å². The lowest BCUT2D eigenvalue weighted by molar-refractivity contribution is -0.134. The number of amides is 1. The van der Waals surface area contributed by atoms with E-state index in [2.05, 4.69) is 42.7 Å². The lowest BCUT2D eigenvalue weighted by Crippen LogP contribution is -2.61. The minimum Gasteiger partial charge on any atom is -0.394 e. The molecular weight excluding hydrogens is 368 g/mol. The van der Waals surface area contributed by atoms with Gasteiger partial charge in [-0.15, -0.1) is 0 Å². The molecule has 0 aromatic carbocycles. The van der Waals surface area contributed by atoms with Gasteiger partial charge in [-0.3, -0.25) is 4.79 Å². The Hall–Kier alpha value is -0.980. The van der Waals surface area contributed by atoms with E-state index < -0.39 is 0 Å². The molecule has 4 aliphatic rings. The smallest absolute Gasteiger partial charge is 0.242 e. The summed E-state index contributed by atoms with van der Waals surface area (Å²) in [5.41, 5.74) is 5.77. The molecule has 4 N–H and O–H groups in total. The van der Waals surface area contributed by atoms with E-state index >= 15 is 0 Å². The SMILES string of the molecule is C=C(N)SC(=C)NC(=O)[C@H](NCCN(C)CCC)C12CC3CC(CC(C3)C1)C2. The van der Waals surface area contributed by atoms with Crippen molar-refractivity contribution in [2.75, 3.05) is 26.7 Å². The first-order valence-electron chi connectivity index (χ1n) is 10.8. The van der Waals surface area contributed by atoms with E-state index in [4.69, 9.17) is 5.73 Å². The zero-order chi connectivity index (χ0) is 20.3. The van der Waals surface area contributed by atoms with Crippen molar-refractivity contribution in [2.24, 2.45) is 28.9 Å². The van der Waals surface area contributed by atoms with Crippen LogP contribution in [0, 0.1) is 23.2 Å². The number of carbonyl (C=O) groups is 1. The number of likely N-dealkylation sites (N-methyl/N-ethyl adjacent to an activating group) is 1. The first kappa shape index (κ1) is 21.7. The Bertz CT molecular complexity index is 570. The molecule has 0 unspecified atom stereocenters. The normalized spacial score (nSPS) is 31.8. The predicted molar refractivity (Wildman–Crippen MR) is 118 cm³/mol. The summed E-state index contributed by atoms with van der Waals surface area (Å²) < 4.78 is 0. The highest BCUT2D eigenvalue weighted by atomic mass is 32.2. The molecule has 158 valence electrons. The van der Waals surface area contributed by atoms with Gasteiger partial charge in [-0.2, -0.15) is 0 Å². The molecule has 0 heterocycles. The van der Waals surface area contributed by atoms with Gasteiger partial charge < -0.3 is 21.3 Å². The van der Waals surface area contributed by atoms with Gasteiger partial charge in [0.25, 0.3) is 0 Å². The summed E-state index contributed by atoms with van der Waals surface area (Å²) in [4.78, 5) is 15.6. The van der Waals surface area contributed by atoms with E-state index in [1.54, 1.807) is 0 Å². The molecule has 4 aliphatic carbocycles. The summed E-state index contributed by atoms with van der Waals surface area (Å²) in [5.74, 6) is 2.49. The number of thioether (sulfide) groups is 1. The third-order valence-electron chi connectivity index (χ3n) is 6.92. The standard InChI is InChI=1S/C22H38N4OS/c1-5-7-26(4)8-6-24-20(21(27)25-16(3)28-15(2)23)22-12-17-9-18(13-22)11-19(10-17)14-22/h17-20,24H,2-3,5-14,23H2,1,4H3,(H,25,27)/t17?,18?,19?,20-,22?/m0/s1. The summed E-state index contributed by atoms with van der Waals surface area (Å²) in [6, 6.07) is -0.153. The summed E-state index contributed by atoms with van der Waals surface area (Å²) >= 11 is 1.23. The van der Waals surface area contributed by atoms with Crippen molar-refractivity contribution in [3.05, 3.63) is 23.2 Å². The van der Waals surface area contributed by atoms with E-state index in [-0.39, 0.29) is 17.4 Å². The van der Waals surface area contributed by atoms with E-state index in [9.17, 15) is 4.79 Å². The van der Waals surface area contributed by atoms with Gasteiger partial charge >= 0.3 is 0 Å². The fourth-order valence-electron chi connectivity index (χ4n) is 6.41. The van der Waals surface area contributed by atoms with Gasteiger partial charge in [0.2, 0.25) is 5.91 Å². The van der Waals surface area contributed by atoms with Gasteiger partial charge in [0.1, 0.15) is 0 Å². The minimum atomic E-state index is -0.153. The molecule has 0 aliphatic heterocycles. The average molecular weight is 407 g/mol. The lowest BCUT2D eigenvalue weighted by Gasteiger charge is -2.59. The Morgan fingerprint density at radius 3 is 2.25 bits per heavy atom. The van der Waals surface area contributed by atoms with Crippen LogP contribution in [-0.2, 0) is 4.79 Å². The average Bonchev–Trinajstić information content (AvgIpc) is 2.56. The van der Waals surface area contributed by atoms with Crippen LogP contribution in [0.5, 0.6) is 0 Å². The van der Waals surface area contributed by atoms with Crippen molar-refractivity contribution in [3.63, 3.8) is 0 Å². The largest absolute Gasteiger partial charge is 0.394 e. The quantitative estimate of drug-likeness (QED) is 0.491. The second-order valence-corrected chi connectivity index (χ2v) is 10.7. The fourth-order valence-corrected chi connectivity index (χ4v) is 6.87. The zero-order valence-corrected chi connectivity index (χ0v) is 18.5.